The van der Waals surface area contributed by atoms with Gasteiger partial charge in [0.05, 0.1) is 51.3 Å². The number of halogens is 6. The van der Waals surface area contributed by atoms with Crippen molar-refractivity contribution < 1.29 is 54.8 Å². The summed E-state index contributed by atoms with van der Waals surface area (Å²) in [6.07, 6.45) is -6.58. The summed E-state index contributed by atoms with van der Waals surface area (Å²) < 4.78 is 96.5. The fourth-order valence-corrected chi connectivity index (χ4v) is 4.58. The van der Waals surface area contributed by atoms with E-state index in [2.05, 4.69) is 9.73 Å². The highest BCUT2D eigenvalue weighted by Crippen LogP contribution is 2.41. The molecule has 0 aromatic heterocycles. The first-order valence-corrected chi connectivity index (χ1v) is 13.4. The Bertz CT molecular complexity index is 1320. The maximum absolute atomic E-state index is 14.0. The molecule has 2 aromatic carbocycles. The number of methoxy groups -OCH3 is 2. The Balaban J connectivity index is 0.000000400. The van der Waals surface area contributed by atoms with Gasteiger partial charge in [-0.3, -0.25) is 14.7 Å². The van der Waals surface area contributed by atoms with Gasteiger partial charge in [0.25, 0.3) is 0 Å². The number of aliphatic imine (C=N–C) groups is 1. The number of aryl methyl sites for hydroxylation is 1. The molecule has 0 amide bonds. The zero-order valence-corrected chi connectivity index (χ0v) is 25.3. The van der Waals surface area contributed by atoms with Gasteiger partial charge in [-0.05, 0) is 63.1 Å². The Morgan fingerprint density at radius 3 is 2.32 bits per heavy atom. The standard InChI is InChI=1S/C20H22F4N2O4.C9H12O2.CH2F2/c1-4-28-18(27)8-17-19-25-10-11(2)16(9-21)26(19)15-6-5-13(30-20(22,23)24)7-14(15)12(3)29-17;1-7-5-4-6-8(10-2)9(7)11-3;2-1-3/h5-7,12,17H,4,8-10H2,1-3H3;4-6H,1-3H3;1H2/t12?,17-;;/m0../s1. The Kier molecular flexibility index (Phi) is 13.8. The quantitative estimate of drug-likeness (QED) is 0.233. The van der Waals surface area contributed by atoms with Crippen LogP contribution in [-0.2, 0) is 14.3 Å². The minimum atomic E-state index is -4.85. The Hall–Kier alpha value is -3.94. The van der Waals surface area contributed by atoms with E-state index in [1.807, 2.05) is 25.1 Å². The first-order chi connectivity index (χ1) is 20.8. The van der Waals surface area contributed by atoms with Gasteiger partial charge in [-0.25, -0.2) is 13.2 Å². The van der Waals surface area contributed by atoms with Crippen LogP contribution in [0.25, 0.3) is 0 Å². The summed E-state index contributed by atoms with van der Waals surface area (Å²) in [6.45, 7) is 4.87. The Morgan fingerprint density at radius 2 is 1.77 bits per heavy atom. The second-order valence-electron chi connectivity index (χ2n) is 9.33. The topological polar surface area (TPSA) is 78.8 Å². The molecule has 0 spiro atoms. The molecule has 2 aromatic rings. The summed E-state index contributed by atoms with van der Waals surface area (Å²) in [5.74, 6) is 0.981. The average Bonchev–Trinajstić information content (AvgIpc) is 3.07. The number of benzene rings is 2. The van der Waals surface area contributed by atoms with Crippen LogP contribution in [0, 0.1) is 6.92 Å². The van der Waals surface area contributed by atoms with Crippen LogP contribution in [0.1, 0.15) is 44.4 Å². The van der Waals surface area contributed by atoms with Gasteiger partial charge >= 0.3 is 12.3 Å². The van der Waals surface area contributed by atoms with Crippen LogP contribution in [-0.4, -0.2) is 65.2 Å². The van der Waals surface area contributed by atoms with Crippen molar-refractivity contribution in [3.8, 4) is 17.2 Å². The first-order valence-electron chi connectivity index (χ1n) is 13.4. The van der Waals surface area contributed by atoms with Crippen molar-refractivity contribution in [3.05, 3.63) is 58.8 Å². The molecule has 2 heterocycles. The summed E-state index contributed by atoms with van der Waals surface area (Å²) in [5.41, 5.74) is 2.86. The minimum absolute atomic E-state index is 0.161. The summed E-state index contributed by atoms with van der Waals surface area (Å²) in [4.78, 5) is 18.1. The second-order valence-corrected chi connectivity index (χ2v) is 9.33. The number of hydrogen-bond acceptors (Lipinski definition) is 8. The lowest BCUT2D eigenvalue weighted by atomic mass is 10.0. The number of rotatable bonds is 7. The number of carbonyl (C=O) groups is 1. The number of carbonyl (C=O) groups excluding carboxylic acids is 1. The van der Waals surface area contributed by atoms with E-state index < -0.39 is 43.9 Å². The third kappa shape index (κ3) is 9.53. The van der Waals surface area contributed by atoms with E-state index >= 15 is 0 Å². The zero-order valence-electron chi connectivity index (χ0n) is 25.3. The number of anilines is 1. The van der Waals surface area contributed by atoms with Gasteiger partial charge in [-0.15, -0.1) is 13.2 Å². The maximum atomic E-state index is 14.0. The Morgan fingerprint density at radius 1 is 1.09 bits per heavy atom. The molecule has 244 valence electrons. The molecule has 0 saturated carbocycles. The minimum Gasteiger partial charge on any atom is -0.493 e. The van der Waals surface area contributed by atoms with Crippen molar-refractivity contribution in [2.24, 2.45) is 4.99 Å². The van der Waals surface area contributed by atoms with E-state index in [0.717, 1.165) is 23.1 Å². The SMILES string of the molecule is CCOC(=O)C[C@@H]1OC(C)c2cc(OC(F)(F)F)ccc2N2C1=NCC(C)=C2CF.COc1cccc(C)c1OC.FCF. The van der Waals surface area contributed by atoms with Crippen molar-refractivity contribution in [3.63, 3.8) is 0 Å². The van der Waals surface area contributed by atoms with E-state index in [1.165, 1.54) is 17.0 Å². The number of esters is 1. The van der Waals surface area contributed by atoms with Gasteiger partial charge in [0, 0.05) is 5.56 Å². The lowest BCUT2D eigenvalue weighted by Crippen LogP contribution is -2.43. The molecule has 8 nitrogen and oxygen atoms in total. The van der Waals surface area contributed by atoms with Gasteiger partial charge in [0.15, 0.2) is 11.5 Å². The van der Waals surface area contributed by atoms with Crippen LogP contribution in [0.3, 0.4) is 0 Å². The highest BCUT2D eigenvalue weighted by Gasteiger charge is 2.39. The lowest BCUT2D eigenvalue weighted by molar-refractivity contribution is -0.274. The number of alkyl halides is 6. The number of para-hydroxylation sites is 1. The summed E-state index contributed by atoms with van der Waals surface area (Å²) in [7, 11) is 3.28. The fourth-order valence-electron chi connectivity index (χ4n) is 4.58. The molecular formula is C30H36F6N2O6. The zero-order chi connectivity index (χ0) is 33.0. The molecule has 0 radical (unpaired) electrons. The van der Waals surface area contributed by atoms with Crippen molar-refractivity contribution in [2.45, 2.75) is 52.7 Å². The highest BCUT2D eigenvalue weighted by atomic mass is 19.4. The van der Waals surface area contributed by atoms with Gasteiger partial charge in [0.2, 0.25) is 6.93 Å². The molecule has 4 rings (SSSR count). The molecule has 1 unspecified atom stereocenters. The molecule has 0 fully saturated rings. The molecule has 0 aliphatic carbocycles. The van der Waals surface area contributed by atoms with E-state index in [1.54, 1.807) is 35.0 Å². The highest BCUT2D eigenvalue weighted by molar-refractivity contribution is 6.07. The first kappa shape index (κ1) is 36.3. The molecule has 2 aliphatic rings. The number of ether oxygens (including phenoxy) is 5. The largest absolute Gasteiger partial charge is 0.573 e. The predicted molar refractivity (Wildman–Crippen MR) is 152 cm³/mol. The van der Waals surface area contributed by atoms with Crippen LogP contribution < -0.4 is 19.1 Å². The monoisotopic (exact) mass is 634 g/mol. The van der Waals surface area contributed by atoms with Crippen LogP contribution in [0.2, 0.25) is 0 Å². The number of nitrogens with zero attached hydrogens (tertiary/aromatic N) is 2. The van der Waals surface area contributed by atoms with Crippen molar-refractivity contribution in [1.82, 2.24) is 0 Å². The van der Waals surface area contributed by atoms with Crippen molar-refractivity contribution >= 4 is 17.5 Å². The number of allylic oxidation sites excluding steroid dienone is 1. The molecule has 0 saturated heterocycles. The molecule has 2 aliphatic heterocycles. The smallest absolute Gasteiger partial charge is 0.493 e. The van der Waals surface area contributed by atoms with E-state index in [9.17, 15) is 31.1 Å². The Labute approximate surface area is 252 Å². The third-order valence-electron chi connectivity index (χ3n) is 6.42. The molecule has 14 heteroatoms. The molecule has 0 N–H and O–H groups in total. The van der Waals surface area contributed by atoms with Gasteiger partial charge in [0.1, 0.15) is 24.4 Å². The van der Waals surface area contributed by atoms with E-state index in [-0.39, 0.29) is 19.6 Å². The predicted octanol–water partition coefficient (Wildman–Crippen LogP) is 7.36. The number of fused-ring (bicyclic) bond motifs is 3. The maximum Gasteiger partial charge on any atom is 0.573 e. The van der Waals surface area contributed by atoms with Crippen LogP contribution >= 0.6 is 0 Å². The number of amidine groups is 1. The molecular weight excluding hydrogens is 598 g/mol. The third-order valence-corrected chi connectivity index (χ3v) is 6.42. The molecule has 0 bridgehead atoms. The van der Waals surface area contributed by atoms with Gasteiger partial charge in [-0.1, -0.05) is 12.1 Å². The van der Waals surface area contributed by atoms with Gasteiger partial charge < -0.3 is 23.7 Å². The summed E-state index contributed by atoms with van der Waals surface area (Å²) >= 11 is 0. The molecule has 2 atom stereocenters. The number of hydrogen-bond donors (Lipinski definition) is 0. The van der Waals surface area contributed by atoms with Crippen LogP contribution in [0.4, 0.5) is 32.0 Å². The fraction of sp³-hybridized carbons (Fsp3) is 0.467. The lowest BCUT2D eigenvalue weighted by Gasteiger charge is -2.33. The second kappa shape index (κ2) is 16.8. The van der Waals surface area contributed by atoms with E-state index in [0.29, 0.717) is 28.4 Å². The summed E-state index contributed by atoms with van der Waals surface area (Å²) in [6, 6.07) is 9.58. The summed E-state index contributed by atoms with van der Waals surface area (Å²) in [5, 5.41) is 0. The van der Waals surface area contributed by atoms with Gasteiger partial charge in [-0.2, -0.15) is 0 Å². The van der Waals surface area contributed by atoms with Crippen LogP contribution in [0.5, 0.6) is 17.2 Å². The molecule has 44 heavy (non-hydrogen) atoms. The average molecular weight is 635 g/mol. The van der Waals surface area contributed by atoms with Crippen molar-refractivity contribution in [2.75, 3.05) is 45.9 Å². The van der Waals surface area contributed by atoms with Crippen LogP contribution in [0.15, 0.2) is 52.7 Å². The normalized spacial score (nSPS) is 17.4. The van der Waals surface area contributed by atoms with E-state index in [4.69, 9.17) is 18.9 Å². The van der Waals surface area contributed by atoms with Crippen molar-refractivity contribution in [1.29, 1.82) is 0 Å².